The van der Waals surface area contributed by atoms with Crippen LogP contribution in [0.5, 0.6) is 0 Å². The molecule has 1 aromatic carbocycles. The number of nitrogens with two attached hydrogens (primary N) is 1. The van der Waals surface area contributed by atoms with Crippen molar-refractivity contribution in [1.29, 1.82) is 0 Å². The topological polar surface area (TPSA) is 75.4 Å². The molecule has 0 spiro atoms. The monoisotopic (exact) mass is 309 g/mol. The molecule has 2 amide bonds. The van der Waals surface area contributed by atoms with Gasteiger partial charge in [-0.3, -0.25) is 14.5 Å². The van der Waals surface area contributed by atoms with Crippen LogP contribution in [0.2, 0.25) is 5.02 Å². The molecule has 21 heavy (non-hydrogen) atoms. The van der Waals surface area contributed by atoms with Crippen LogP contribution in [-0.2, 0) is 9.59 Å². The first-order chi connectivity index (χ1) is 9.95. The standard InChI is InChI=1S/C15H20ClN3O2/c1-10-7-12(16)4-5-13(10)18-14(20)9-19-6-2-3-11(8-19)15(17)21/h4-5,7,11H,2-3,6,8-9H2,1H3,(H2,17,21)(H,18,20)/t11-/m0/s1. The maximum atomic E-state index is 12.1. The van der Waals surface area contributed by atoms with Crippen molar-refractivity contribution >= 4 is 29.1 Å². The maximum absolute atomic E-state index is 12.1. The zero-order chi connectivity index (χ0) is 15.4. The van der Waals surface area contributed by atoms with Crippen molar-refractivity contribution in [3.63, 3.8) is 0 Å². The highest BCUT2D eigenvalue weighted by atomic mass is 35.5. The molecule has 1 aromatic rings. The summed E-state index contributed by atoms with van der Waals surface area (Å²) in [5.74, 6) is -0.525. The van der Waals surface area contributed by atoms with E-state index in [0.29, 0.717) is 11.6 Å². The molecule has 0 aromatic heterocycles. The quantitative estimate of drug-likeness (QED) is 0.890. The van der Waals surface area contributed by atoms with Gasteiger partial charge in [-0.15, -0.1) is 0 Å². The van der Waals surface area contributed by atoms with Gasteiger partial charge in [-0.05, 0) is 50.1 Å². The fraction of sp³-hybridized carbons (Fsp3) is 0.467. The predicted octanol–water partition coefficient (Wildman–Crippen LogP) is 1.78. The third kappa shape index (κ3) is 4.44. The zero-order valence-corrected chi connectivity index (χ0v) is 12.8. The Labute approximate surface area is 129 Å². The van der Waals surface area contributed by atoms with Gasteiger partial charge in [0.05, 0.1) is 12.5 Å². The van der Waals surface area contributed by atoms with Gasteiger partial charge < -0.3 is 11.1 Å². The minimum Gasteiger partial charge on any atom is -0.369 e. The van der Waals surface area contributed by atoms with E-state index in [1.165, 1.54) is 0 Å². The molecule has 1 fully saturated rings. The first-order valence-corrected chi connectivity index (χ1v) is 7.41. The summed E-state index contributed by atoms with van der Waals surface area (Å²) in [4.78, 5) is 25.3. The summed E-state index contributed by atoms with van der Waals surface area (Å²) >= 11 is 5.89. The number of aryl methyl sites for hydroxylation is 1. The van der Waals surface area contributed by atoms with Crippen LogP contribution in [0.15, 0.2) is 18.2 Å². The Kier molecular flexibility index (Phi) is 5.20. The molecule has 1 atom stereocenters. The Morgan fingerprint density at radius 3 is 2.90 bits per heavy atom. The second kappa shape index (κ2) is 6.91. The van der Waals surface area contributed by atoms with E-state index in [1.807, 2.05) is 11.8 Å². The van der Waals surface area contributed by atoms with E-state index in [0.717, 1.165) is 30.6 Å². The summed E-state index contributed by atoms with van der Waals surface area (Å²) in [5, 5.41) is 3.52. The lowest BCUT2D eigenvalue weighted by Crippen LogP contribution is -2.44. The van der Waals surface area contributed by atoms with Crippen LogP contribution >= 0.6 is 11.6 Å². The number of piperidine rings is 1. The lowest BCUT2D eigenvalue weighted by atomic mass is 9.97. The number of halogens is 1. The summed E-state index contributed by atoms with van der Waals surface area (Å²) < 4.78 is 0. The molecule has 5 nitrogen and oxygen atoms in total. The van der Waals surface area contributed by atoms with Crippen molar-refractivity contribution in [1.82, 2.24) is 4.90 Å². The van der Waals surface area contributed by atoms with Crippen LogP contribution in [0, 0.1) is 12.8 Å². The second-order valence-electron chi connectivity index (χ2n) is 5.48. The van der Waals surface area contributed by atoms with Gasteiger partial charge >= 0.3 is 0 Å². The molecule has 0 aliphatic carbocycles. The van der Waals surface area contributed by atoms with Crippen molar-refractivity contribution in [2.45, 2.75) is 19.8 Å². The van der Waals surface area contributed by atoms with Crippen LogP contribution in [0.3, 0.4) is 0 Å². The number of benzene rings is 1. The van der Waals surface area contributed by atoms with Crippen LogP contribution in [0.4, 0.5) is 5.69 Å². The Bertz CT molecular complexity index is 548. The highest BCUT2D eigenvalue weighted by Crippen LogP contribution is 2.20. The molecule has 0 bridgehead atoms. The van der Waals surface area contributed by atoms with E-state index in [9.17, 15) is 9.59 Å². The van der Waals surface area contributed by atoms with E-state index in [-0.39, 0.29) is 24.3 Å². The molecule has 1 aliphatic rings. The Hall–Kier alpha value is -1.59. The smallest absolute Gasteiger partial charge is 0.238 e. The summed E-state index contributed by atoms with van der Waals surface area (Å²) in [6.07, 6.45) is 1.70. The van der Waals surface area contributed by atoms with Crippen LogP contribution in [-0.4, -0.2) is 36.3 Å². The predicted molar refractivity (Wildman–Crippen MR) is 83.2 cm³/mol. The van der Waals surface area contributed by atoms with Crippen molar-refractivity contribution in [2.75, 3.05) is 25.0 Å². The van der Waals surface area contributed by atoms with E-state index in [1.54, 1.807) is 18.2 Å². The van der Waals surface area contributed by atoms with Crippen molar-refractivity contribution < 1.29 is 9.59 Å². The average molecular weight is 310 g/mol. The van der Waals surface area contributed by atoms with E-state index in [4.69, 9.17) is 17.3 Å². The summed E-state index contributed by atoms with van der Waals surface area (Å²) in [6.45, 7) is 3.54. The lowest BCUT2D eigenvalue weighted by molar-refractivity contribution is -0.125. The van der Waals surface area contributed by atoms with E-state index < -0.39 is 0 Å². The minimum atomic E-state index is -0.284. The van der Waals surface area contributed by atoms with Crippen LogP contribution in [0.1, 0.15) is 18.4 Å². The molecular weight excluding hydrogens is 290 g/mol. The Morgan fingerprint density at radius 2 is 2.24 bits per heavy atom. The number of nitrogens with one attached hydrogen (secondary N) is 1. The average Bonchev–Trinajstić information content (AvgIpc) is 2.42. The molecule has 3 N–H and O–H groups in total. The van der Waals surface area contributed by atoms with Crippen molar-refractivity contribution in [3.8, 4) is 0 Å². The van der Waals surface area contributed by atoms with Gasteiger partial charge in [0.15, 0.2) is 0 Å². The molecule has 1 saturated heterocycles. The number of hydrogen-bond acceptors (Lipinski definition) is 3. The highest BCUT2D eigenvalue weighted by Gasteiger charge is 2.25. The fourth-order valence-corrected chi connectivity index (χ4v) is 2.82. The third-order valence-corrected chi connectivity index (χ3v) is 3.97. The molecule has 1 heterocycles. The van der Waals surface area contributed by atoms with Gasteiger partial charge in [0.25, 0.3) is 0 Å². The number of nitrogens with zero attached hydrogens (tertiary/aromatic N) is 1. The zero-order valence-electron chi connectivity index (χ0n) is 12.1. The number of amides is 2. The lowest BCUT2D eigenvalue weighted by Gasteiger charge is -2.30. The number of likely N-dealkylation sites (tertiary alicyclic amines) is 1. The first-order valence-electron chi connectivity index (χ1n) is 7.03. The number of primary amides is 1. The molecule has 6 heteroatoms. The van der Waals surface area contributed by atoms with Gasteiger partial charge in [0, 0.05) is 17.3 Å². The SMILES string of the molecule is Cc1cc(Cl)ccc1NC(=O)CN1CCC[C@H](C(N)=O)C1. The van der Waals surface area contributed by atoms with Crippen molar-refractivity contribution in [3.05, 3.63) is 28.8 Å². The number of anilines is 1. The van der Waals surface area contributed by atoms with Gasteiger partial charge in [-0.1, -0.05) is 11.6 Å². The number of hydrogen-bond donors (Lipinski definition) is 2. The molecule has 0 unspecified atom stereocenters. The largest absolute Gasteiger partial charge is 0.369 e. The van der Waals surface area contributed by atoms with E-state index in [2.05, 4.69) is 5.32 Å². The number of carbonyl (C=O) groups excluding carboxylic acids is 2. The Morgan fingerprint density at radius 1 is 1.48 bits per heavy atom. The summed E-state index contributed by atoms with van der Waals surface area (Å²) in [6, 6.07) is 5.34. The van der Waals surface area contributed by atoms with Crippen LogP contribution in [0.25, 0.3) is 0 Å². The summed E-state index contributed by atoms with van der Waals surface area (Å²) in [7, 11) is 0. The van der Waals surface area contributed by atoms with Crippen molar-refractivity contribution in [2.24, 2.45) is 11.7 Å². The molecule has 0 saturated carbocycles. The molecule has 1 aliphatic heterocycles. The maximum Gasteiger partial charge on any atom is 0.238 e. The fourth-order valence-electron chi connectivity index (χ4n) is 2.59. The van der Waals surface area contributed by atoms with Gasteiger partial charge in [-0.2, -0.15) is 0 Å². The van der Waals surface area contributed by atoms with Gasteiger partial charge in [-0.25, -0.2) is 0 Å². The van der Waals surface area contributed by atoms with E-state index >= 15 is 0 Å². The second-order valence-corrected chi connectivity index (χ2v) is 5.92. The molecule has 114 valence electrons. The normalized spacial score (nSPS) is 19.2. The number of rotatable bonds is 4. The van der Waals surface area contributed by atoms with Gasteiger partial charge in [0.2, 0.25) is 11.8 Å². The molecule has 2 rings (SSSR count). The molecular formula is C15H20ClN3O2. The third-order valence-electron chi connectivity index (χ3n) is 3.74. The summed E-state index contributed by atoms with van der Waals surface area (Å²) in [5.41, 5.74) is 7.02. The van der Waals surface area contributed by atoms with Gasteiger partial charge in [0.1, 0.15) is 0 Å². The number of carbonyl (C=O) groups is 2. The first kappa shape index (κ1) is 15.8. The Balaban J connectivity index is 1.91. The van der Waals surface area contributed by atoms with Crippen LogP contribution < -0.4 is 11.1 Å². The highest BCUT2D eigenvalue weighted by molar-refractivity contribution is 6.30. The molecule has 0 radical (unpaired) electrons. The minimum absolute atomic E-state index is 0.0921.